The molecule has 2 heterocycles. The van der Waals surface area contributed by atoms with Crippen molar-refractivity contribution in [3.63, 3.8) is 0 Å². The second kappa shape index (κ2) is 11.3. The van der Waals surface area contributed by atoms with E-state index in [1.807, 2.05) is 81.4 Å². The van der Waals surface area contributed by atoms with Crippen molar-refractivity contribution in [1.82, 2.24) is 20.5 Å². The summed E-state index contributed by atoms with van der Waals surface area (Å²) in [6.07, 6.45) is 2.73. The van der Waals surface area contributed by atoms with Crippen molar-refractivity contribution in [2.24, 2.45) is 5.92 Å². The third-order valence-corrected chi connectivity index (χ3v) is 6.93. The molecule has 0 radical (unpaired) electrons. The molecule has 0 spiro atoms. The number of benzene rings is 2. The second-order valence-electron chi connectivity index (χ2n) is 9.69. The average Bonchev–Trinajstić information content (AvgIpc) is 2.89. The number of hydrogen-bond acceptors (Lipinski definition) is 5. The van der Waals surface area contributed by atoms with Gasteiger partial charge in [-0.2, -0.15) is 0 Å². The molecule has 8 nitrogen and oxygen atoms in total. The van der Waals surface area contributed by atoms with Gasteiger partial charge in [0.25, 0.3) is 5.91 Å². The summed E-state index contributed by atoms with van der Waals surface area (Å²) < 4.78 is 0. The smallest absolute Gasteiger partial charge is 0.271 e. The first-order chi connectivity index (χ1) is 17.8. The van der Waals surface area contributed by atoms with Gasteiger partial charge in [0, 0.05) is 24.0 Å². The first kappa shape index (κ1) is 26.0. The molecule has 3 amide bonds. The zero-order valence-corrected chi connectivity index (χ0v) is 21.3. The molecule has 1 aliphatic heterocycles. The van der Waals surface area contributed by atoms with Crippen molar-refractivity contribution >= 4 is 34.8 Å². The maximum absolute atomic E-state index is 13.8. The third kappa shape index (κ3) is 5.38. The van der Waals surface area contributed by atoms with Gasteiger partial charge in [0.15, 0.2) is 0 Å². The van der Waals surface area contributed by atoms with Gasteiger partial charge in [0.2, 0.25) is 11.8 Å². The highest BCUT2D eigenvalue weighted by Gasteiger charge is 2.49. The van der Waals surface area contributed by atoms with E-state index in [4.69, 9.17) is 0 Å². The number of likely N-dealkylation sites (tertiary alicyclic amines) is 1. The summed E-state index contributed by atoms with van der Waals surface area (Å²) in [5.74, 6) is -1.61. The standard InChI is InChI=1S/C29H32N4O4/c1-4-21(17-34)31-28(36)26-23(19-10-6-5-7-11-19)16-33(26)29(37)24(18(2)3)32-27(35)25-22-13-9-8-12-20(22)14-15-30-25/h5-15,17-18,21,23-24,26H,4,16H2,1-3H3,(H,31,36)(H,32,35)/t21-,23?,24-,26-/m0/s1. The molecule has 2 N–H and O–H groups in total. The second-order valence-corrected chi connectivity index (χ2v) is 9.69. The van der Waals surface area contributed by atoms with Crippen LogP contribution in [-0.4, -0.2) is 58.6 Å². The van der Waals surface area contributed by atoms with Gasteiger partial charge in [-0.1, -0.05) is 75.4 Å². The minimum atomic E-state index is -0.853. The number of pyridine rings is 1. The highest BCUT2D eigenvalue weighted by molar-refractivity contribution is 6.06. The summed E-state index contributed by atoms with van der Waals surface area (Å²) in [6, 6.07) is 16.5. The molecular formula is C29H32N4O4. The Balaban J connectivity index is 1.58. The molecule has 1 aromatic heterocycles. The van der Waals surface area contributed by atoms with Crippen molar-refractivity contribution in [3.05, 3.63) is 78.1 Å². The molecule has 4 atom stereocenters. The molecule has 0 bridgehead atoms. The fraction of sp³-hybridized carbons (Fsp3) is 0.345. The summed E-state index contributed by atoms with van der Waals surface area (Å²) in [6.45, 7) is 5.85. The van der Waals surface area contributed by atoms with Crippen LogP contribution >= 0.6 is 0 Å². The fourth-order valence-corrected chi connectivity index (χ4v) is 4.75. The van der Waals surface area contributed by atoms with Crippen molar-refractivity contribution in [2.75, 3.05) is 6.54 Å². The number of fused-ring (bicyclic) bond motifs is 1. The van der Waals surface area contributed by atoms with Crippen LogP contribution in [0.4, 0.5) is 0 Å². The Morgan fingerprint density at radius 1 is 1.03 bits per heavy atom. The summed E-state index contributed by atoms with van der Waals surface area (Å²) in [5.41, 5.74) is 1.18. The van der Waals surface area contributed by atoms with Gasteiger partial charge in [-0.05, 0) is 29.4 Å². The van der Waals surface area contributed by atoms with Gasteiger partial charge in [-0.15, -0.1) is 0 Å². The Morgan fingerprint density at radius 3 is 2.41 bits per heavy atom. The number of carbonyl (C=O) groups is 4. The van der Waals surface area contributed by atoms with Crippen LogP contribution in [0.3, 0.4) is 0 Å². The van der Waals surface area contributed by atoms with E-state index in [-0.39, 0.29) is 29.3 Å². The average molecular weight is 501 g/mol. The molecule has 1 unspecified atom stereocenters. The van der Waals surface area contributed by atoms with Crippen molar-refractivity contribution < 1.29 is 19.2 Å². The SMILES string of the molecule is CC[C@@H](C=O)NC(=O)[C@@H]1C(c2ccccc2)CN1C(=O)[C@@H](NC(=O)c1nccc2ccccc12)C(C)C. The normalized spacial score (nSPS) is 18.5. The summed E-state index contributed by atoms with van der Waals surface area (Å²) in [4.78, 5) is 57.4. The lowest BCUT2D eigenvalue weighted by molar-refractivity contribution is -0.152. The number of aldehydes is 1. The van der Waals surface area contributed by atoms with Crippen LogP contribution < -0.4 is 10.6 Å². The Hall–Kier alpha value is -4.07. The maximum Gasteiger partial charge on any atom is 0.271 e. The maximum atomic E-state index is 13.8. The molecule has 1 saturated heterocycles. The van der Waals surface area contributed by atoms with Crippen LogP contribution in [0.2, 0.25) is 0 Å². The predicted molar refractivity (Wildman–Crippen MR) is 141 cm³/mol. The molecule has 2 aromatic carbocycles. The van der Waals surface area contributed by atoms with Crippen molar-refractivity contribution in [2.45, 2.75) is 51.2 Å². The van der Waals surface area contributed by atoms with E-state index >= 15 is 0 Å². The van der Waals surface area contributed by atoms with Crippen molar-refractivity contribution in [1.29, 1.82) is 0 Å². The Kier molecular flexibility index (Phi) is 7.96. The Bertz CT molecular complexity index is 1290. The Morgan fingerprint density at radius 2 is 1.73 bits per heavy atom. The third-order valence-electron chi connectivity index (χ3n) is 6.93. The predicted octanol–water partition coefficient (Wildman–Crippen LogP) is 3.08. The number of nitrogens with one attached hydrogen (secondary N) is 2. The van der Waals surface area contributed by atoms with Crippen LogP contribution in [-0.2, 0) is 14.4 Å². The topological polar surface area (TPSA) is 108 Å². The molecule has 192 valence electrons. The van der Waals surface area contributed by atoms with E-state index < -0.39 is 24.0 Å². The van der Waals surface area contributed by atoms with Crippen LogP contribution in [0.1, 0.15) is 49.2 Å². The lowest BCUT2D eigenvalue weighted by Crippen LogP contribution is -2.67. The lowest BCUT2D eigenvalue weighted by atomic mass is 9.80. The molecular weight excluding hydrogens is 468 g/mol. The highest BCUT2D eigenvalue weighted by atomic mass is 16.2. The summed E-state index contributed by atoms with van der Waals surface area (Å²) in [7, 11) is 0. The molecule has 8 heteroatoms. The zero-order valence-electron chi connectivity index (χ0n) is 21.3. The molecule has 3 aromatic rings. The molecule has 37 heavy (non-hydrogen) atoms. The van der Waals surface area contributed by atoms with E-state index in [9.17, 15) is 19.2 Å². The molecule has 4 rings (SSSR count). The fourth-order valence-electron chi connectivity index (χ4n) is 4.75. The molecule has 1 aliphatic rings. The van der Waals surface area contributed by atoms with Crippen LogP contribution in [0.15, 0.2) is 66.9 Å². The van der Waals surface area contributed by atoms with E-state index in [2.05, 4.69) is 15.6 Å². The number of amides is 3. The zero-order chi connectivity index (χ0) is 26.5. The van der Waals surface area contributed by atoms with E-state index in [0.29, 0.717) is 24.6 Å². The summed E-state index contributed by atoms with van der Waals surface area (Å²) >= 11 is 0. The van der Waals surface area contributed by atoms with Crippen LogP contribution in [0, 0.1) is 5.92 Å². The number of carbonyl (C=O) groups excluding carboxylic acids is 4. The molecule has 1 fully saturated rings. The van der Waals surface area contributed by atoms with Gasteiger partial charge in [0.1, 0.15) is 24.1 Å². The van der Waals surface area contributed by atoms with Gasteiger partial charge in [0.05, 0.1) is 6.04 Å². The Labute approximate surface area is 216 Å². The number of rotatable bonds is 9. The highest BCUT2D eigenvalue weighted by Crippen LogP contribution is 2.35. The van der Waals surface area contributed by atoms with Gasteiger partial charge in [-0.25, -0.2) is 0 Å². The van der Waals surface area contributed by atoms with Gasteiger partial charge in [-0.3, -0.25) is 19.4 Å². The van der Waals surface area contributed by atoms with E-state index in [1.54, 1.807) is 6.20 Å². The minimum absolute atomic E-state index is 0.211. The van der Waals surface area contributed by atoms with E-state index in [1.165, 1.54) is 4.90 Å². The first-order valence-corrected chi connectivity index (χ1v) is 12.6. The molecule has 0 aliphatic carbocycles. The van der Waals surface area contributed by atoms with Crippen molar-refractivity contribution in [3.8, 4) is 0 Å². The van der Waals surface area contributed by atoms with Crippen LogP contribution in [0.25, 0.3) is 10.8 Å². The largest absolute Gasteiger partial charge is 0.345 e. The molecule has 0 saturated carbocycles. The first-order valence-electron chi connectivity index (χ1n) is 12.6. The number of nitrogens with zero attached hydrogens (tertiary/aromatic N) is 2. The van der Waals surface area contributed by atoms with E-state index in [0.717, 1.165) is 10.9 Å². The van der Waals surface area contributed by atoms with Gasteiger partial charge < -0.3 is 20.3 Å². The monoisotopic (exact) mass is 500 g/mol. The van der Waals surface area contributed by atoms with Gasteiger partial charge >= 0.3 is 0 Å². The lowest BCUT2D eigenvalue weighted by Gasteiger charge is -2.49. The summed E-state index contributed by atoms with van der Waals surface area (Å²) in [5, 5.41) is 7.20. The number of hydrogen-bond donors (Lipinski definition) is 2. The quantitative estimate of drug-likeness (QED) is 0.439. The minimum Gasteiger partial charge on any atom is -0.345 e. The van der Waals surface area contributed by atoms with Crippen LogP contribution in [0.5, 0.6) is 0 Å². The number of aromatic nitrogens is 1.